The van der Waals surface area contributed by atoms with Crippen LogP contribution in [0.15, 0.2) is 48.5 Å². The summed E-state index contributed by atoms with van der Waals surface area (Å²) in [6, 6.07) is 16.7. The first-order valence-electron chi connectivity index (χ1n) is 6.39. The van der Waals surface area contributed by atoms with Gasteiger partial charge in [-0.15, -0.1) is 0 Å². The molecule has 0 spiro atoms. The Balaban J connectivity index is 1.93. The fourth-order valence-corrected chi connectivity index (χ4v) is 2.54. The van der Waals surface area contributed by atoms with Gasteiger partial charge in [-0.1, -0.05) is 30.3 Å². The van der Waals surface area contributed by atoms with Gasteiger partial charge in [0.25, 0.3) is 0 Å². The molecule has 0 amide bonds. The van der Waals surface area contributed by atoms with Gasteiger partial charge in [0, 0.05) is 17.9 Å². The topological polar surface area (TPSA) is 23.5 Å². The van der Waals surface area contributed by atoms with E-state index < -0.39 is 6.10 Å². The molecule has 0 aliphatic carbocycles. The average molecular weight is 239 g/mol. The Hall–Kier alpha value is -1.80. The summed E-state index contributed by atoms with van der Waals surface area (Å²) in [5.74, 6) is 0. The number of para-hydroxylation sites is 1. The van der Waals surface area contributed by atoms with E-state index in [-0.39, 0.29) is 0 Å². The Morgan fingerprint density at radius 2 is 1.78 bits per heavy atom. The second-order valence-electron chi connectivity index (χ2n) is 4.80. The molecule has 0 radical (unpaired) electrons. The number of hydrogen-bond acceptors (Lipinski definition) is 2. The first kappa shape index (κ1) is 11.3. The van der Waals surface area contributed by atoms with Crippen LogP contribution in [0.3, 0.4) is 0 Å². The monoisotopic (exact) mass is 239 g/mol. The van der Waals surface area contributed by atoms with Crippen molar-refractivity contribution >= 4 is 11.4 Å². The number of aliphatic hydroxyl groups excluding tert-OH is 1. The van der Waals surface area contributed by atoms with Gasteiger partial charge in [0.1, 0.15) is 0 Å². The number of fused-ring (bicyclic) bond motifs is 1. The summed E-state index contributed by atoms with van der Waals surface area (Å²) < 4.78 is 0. The third-order valence-corrected chi connectivity index (χ3v) is 3.57. The number of rotatable bonds is 2. The van der Waals surface area contributed by atoms with Crippen molar-refractivity contribution in [3.8, 4) is 0 Å². The number of nitrogens with zero attached hydrogens (tertiary/aromatic N) is 1. The molecule has 0 bridgehead atoms. The van der Waals surface area contributed by atoms with Gasteiger partial charge < -0.3 is 10.0 Å². The van der Waals surface area contributed by atoms with Crippen molar-refractivity contribution in [2.24, 2.45) is 0 Å². The summed E-state index contributed by atoms with van der Waals surface area (Å²) in [5, 5.41) is 9.52. The van der Waals surface area contributed by atoms with Crippen LogP contribution >= 0.6 is 0 Å². The lowest BCUT2D eigenvalue weighted by molar-refractivity contribution is 0.199. The third-order valence-electron chi connectivity index (χ3n) is 3.57. The van der Waals surface area contributed by atoms with E-state index in [1.54, 1.807) is 6.92 Å². The molecule has 2 nitrogen and oxygen atoms in total. The number of hydrogen-bond donors (Lipinski definition) is 1. The predicted molar refractivity (Wildman–Crippen MR) is 74.2 cm³/mol. The Kier molecular flexibility index (Phi) is 2.80. The maximum absolute atomic E-state index is 9.52. The van der Waals surface area contributed by atoms with Gasteiger partial charge in [0.15, 0.2) is 0 Å². The second-order valence-corrected chi connectivity index (χ2v) is 4.80. The van der Waals surface area contributed by atoms with Crippen molar-refractivity contribution in [3.05, 3.63) is 59.7 Å². The molecule has 2 aromatic carbocycles. The normalized spacial score (nSPS) is 15.6. The molecule has 1 N–H and O–H groups in total. The molecule has 0 aromatic heterocycles. The van der Waals surface area contributed by atoms with Crippen LogP contribution in [0.4, 0.5) is 11.4 Å². The zero-order valence-corrected chi connectivity index (χ0v) is 10.5. The minimum absolute atomic E-state index is 0.398. The standard InChI is InChI=1S/C16H17NO/c1-12(18)13-6-8-15(9-7-13)17-11-10-14-4-2-3-5-16(14)17/h2-9,12,18H,10-11H2,1H3/t12-/m0/s1. The quantitative estimate of drug-likeness (QED) is 0.867. The molecular weight excluding hydrogens is 222 g/mol. The highest BCUT2D eigenvalue weighted by atomic mass is 16.3. The maximum atomic E-state index is 9.52. The highest BCUT2D eigenvalue weighted by molar-refractivity contribution is 5.69. The molecule has 1 aliphatic rings. The lowest BCUT2D eigenvalue weighted by Gasteiger charge is -2.20. The van der Waals surface area contributed by atoms with Crippen LogP contribution in [0.25, 0.3) is 0 Å². The molecule has 1 aliphatic heterocycles. The second kappa shape index (κ2) is 4.46. The molecule has 3 rings (SSSR count). The Bertz CT molecular complexity index is 545. The largest absolute Gasteiger partial charge is 0.389 e. The highest BCUT2D eigenvalue weighted by Gasteiger charge is 2.19. The van der Waals surface area contributed by atoms with Gasteiger partial charge in [0.2, 0.25) is 0 Å². The summed E-state index contributed by atoms with van der Waals surface area (Å²) in [4.78, 5) is 2.33. The summed E-state index contributed by atoms with van der Waals surface area (Å²) in [7, 11) is 0. The van der Waals surface area contributed by atoms with Crippen LogP contribution in [0, 0.1) is 0 Å². The molecule has 2 heteroatoms. The van der Waals surface area contributed by atoms with E-state index in [4.69, 9.17) is 0 Å². The minimum Gasteiger partial charge on any atom is -0.389 e. The van der Waals surface area contributed by atoms with Gasteiger partial charge >= 0.3 is 0 Å². The van der Waals surface area contributed by atoms with Crippen LogP contribution in [-0.4, -0.2) is 11.7 Å². The highest BCUT2D eigenvalue weighted by Crippen LogP contribution is 2.34. The van der Waals surface area contributed by atoms with Crippen LogP contribution < -0.4 is 4.90 Å². The predicted octanol–water partition coefficient (Wildman–Crippen LogP) is 3.43. The van der Waals surface area contributed by atoms with Crippen molar-refractivity contribution in [1.29, 1.82) is 0 Å². The molecule has 0 fully saturated rings. The molecule has 1 heterocycles. The van der Waals surface area contributed by atoms with E-state index in [0.29, 0.717) is 0 Å². The third kappa shape index (κ3) is 1.89. The molecule has 92 valence electrons. The fraction of sp³-hybridized carbons (Fsp3) is 0.250. The summed E-state index contributed by atoms with van der Waals surface area (Å²) in [5.41, 5.74) is 4.88. The number of benzene rings is 2. The van der Waals surface area contributed by atoms with Gasteiger partial charge in [-0.05, 0) is 42.7 Å². The van der Waals surface area contributed by atoms with Crippen molar-refractivity contribution in [2.75, 3.05) is 11.4 Å². The minimum atomic E-state index is -0.398. The first-order valence-corrected chi connectivity index (χ1v) is 6.39. The SMILES string of the molecule is C[C@H](O)c1ccc(N2CCc3ccccc32)cc1. The average Bonchev–Trinajstić information content (AvgIpc) is 2.82. The molecule has 0 saturated heterocycles. The van der Waals surface area contributed by atoms with Gasteiger partial charge in [-0.2, -0.15) is 0 Å². The zero-order chi connectivity index (χ0) is 12.5. The summed E-state index contributed by atoms with van der Waals surface area (Å²) >= 11 is 0. The van der Waals surface area contributed by atoms with Crippen molar-refractivity contribution in [3.63, 3.8) is 0 Å². The molecule has 2 aromatic rings. The maximum Gasteiger partial charge on any atom is 0.0761 e. The smallest absolute Gasteiger partial charge is 0.0761 e. The lowest BCUT2D eigenvalue weighted by atomic mass is 10.1. The van der Waals surface area contributed by atoms with Crippen molar-refractivity contribution in [2.45, 2.75) is 19.4 Å². The molecule has 0 unspecified atom stereocenters. The van der Waals surface area contributed by atoms with Crippen LogP contribution in [-0.2, 0) is 6.42 Å². The lowest BCUT2D eigenvalue weighted by Crippen LogP contribution is -2.13. The Morgan fingerprint density at radius 3 is 2.50 bits per heavy atom. The van der Waals surface area contributed by atoms with Crippen LogP contribution in [0.2, 0.25) is 0 Å². The first-order chi connectivity index (χ1) is 8.75. The van der Waals surface area contributed by atoms with Crippen LogP contribution in [0.5, 0.6) is 0 Å². The Labute approximate surface area is 107 Å². The van der Waals surface area contributed by atoms with Crippen molar-refractivity contribution in [1.82, 2.24) is 0 Å². The molecular formula is C16H17NO. The van der Waals surface area contributed by atoms with Crippen molar-refractivity contribution < 1.29 is 5.11 Å². The van der Waals surface area contributed by atoms with E-state index in [1.165, 1.54) is 16.9 Å². The van der Waals surface area contributed by atoms with Crippen LogP contribution in [0.1, 0.15) is 24.2 Å². The Morgan fingerprint density at radius 1 is 1.06 bits per heavy atom. The van der Waals surface area contributed by atoms with E-state index in [1.807, 2.05) is 12.1 Å². The van der Waals surface area contributed by atoms with E-state index >= 15 is 0 Å². The van der Waals surface area contributed by atoms with Gasteiger partial charge in [-0.3, -0.25) is 0 Å². The van der Waals surface area contributed by atoms with Gasteiger partial charge in [0.05, 0.1) is 6.10 Å². The molecule has 18 heavy (non-hydrogen) atoms. The number of aliphatic hydroxyl groups is 1. The van der Waals surface area contributed by atoms with E-state index in [9.17, 15) is 5.11 Å². The molecule has 1 atom stereocenters. The zero-order valence-electron chi connectivity index (χ0n) is 10.5. The summed E-state index contributed by atoms with van der Waals surface area (Å²) in [6.07, 6.45) is 0.707. The molecule has 0 saturated carbocycles. The van der Waals surface area contributed by atoms with E-state index in [0.717, 1.165) is 18.5 Å². The number of anilines is 2. The fourth-order valence-electron chi connectivity index (χ4n) is 2.54. The van der Waals surface area contributed by atoms with E-state index in [2.05, 4.69) is 41.3 Å². The summed E-state index contributed by atoms with van der Waals surface area (Å²) in [6.45, 7) is 2.83. The van der Waals surface area contributed by atoms with Gasteiger partial charge in [-0.25, -0.2) is 0 Å².